The molecule has 0 radical (unpaired) electrons. The van der Waals surface area contributed by atoms with E-state index in [1.807, 2.05) is 39.0 Å². The molecular weight excluding hydrogens is 418 g/mol. The molecule has 0 saturated heterocycles. The number of methoxy groups -OCH3 is 2. The minimum Gasteiger partial charge on any atom is -0.493 e. The lowest BCUT2D eigenvalue weighted by Crippen LogP contribution is -2.46. The van der Waals surface area contributed by atoms with Crippen LogP contribution in [0, 0.1) is 13.8 Å². The van der Waals surface area contributed by atoms with Crippen molar-refractivity contribution in [2.45, 2.75) is 26.8 Å². The number of ether oxygens (including phenoxy) is 2. The number of amides is 1. The molecule has 0 saturated carbocycles. The summed E-state index contributed by atoms with van der Waals surface area (Å²) in [4.78, 5) is 12.9. The zero-order valence-corrected chi connectivity index (χ0v) is 19.9. The second-order valence-electron chi connectivity index (χ2n) is 7.49. The molecule has 0 bridgehead atoms. The second-order valence-corrected chi connectivity index (χ2v) is 9.56. The SMILES string of the molecule is COc1ccc(C(C)NC(=O)CN(c2cc(C)ccc2C)S(=O)(=O)N(C)C)cc1OC. The van der Waals surface area contributed by atoms with E-state index in [1.54, 1.807) is 32.4 Å². The molecule has 0 aromatic heterocycles. The molecule has 0 aliphatic rings. The van der Waals surface area contributed by atoms with Crippen molar-refractivity contribution in [2.75, 3.05) is 39.2 Å². The minimum atomic E-state index is -3.88. The van der Waals surface area contributed by atoms with Gasteiger partial charge >= 0.3 is 10.2 Å². The molecule has 9 heteroatoms. The Hall–Kier alpha value is -2.78. The summed E-state index contributed by atoms with van der Waals surface area (Å²) in [5.74, 6) is 0.713. The third-order valence-electron chi connectivity index (χ3n) is 4.95. The number of benzene rings is 2. The van der Waals surface area contributed by atoms with Gasteiger partial charge in [-0.25, -0.2) is 4.31 Å². The fourth-order valence-electron chi connectivity index (χ4n) is 3.10. The van der Waals surface area contributed by atoms with E-state index in [4.69, 9.17) is 9.47 Å². The molecule has 0 aliphatic heterocycles. The van der Waals surface area contributed by atoms with Crippen molar-refractivity contribution in [1.29, 1.82) is 0 Å². The Balaban J connectivity index is 2.29. The normalized spacial score (nSPS) is 12.4. The number of nitrogens with one attached hydrogen (secondary N) is 1. The average molecular weight is 450 g/mol. The van der Waals surface area contributed by atoms with Gasteiger partial charge in [0.05, 0.1) is 25.9 Å². The van der Waals surface area contributed by atoms with Crippen LogP contribution in [0.15, 0.2) is 36.4 Å². The molecule has 1 N–H and O–H groups in total. The first-order chi connectivity index (χ1) is 14.5. The van der Waals surface area contributed by atoms with E-state index in [2.05, 4.69) is 5.32 Å². The largest absolute Gasteiger partial charge is 0.493 e. The second kappa shape index (κ2) is 10.0. The first-order valence-electron chi connectivity index (χ1n) is 9.80. The van der Waals surface area contributed by atoms with Crippen LogP contribution >= 0.6 is 0 Å². The number of nitrogens with zero attached hydrogens (tertiary/aromatic N) is 2. The van der Waals surface area contributed by atoms with Crippen LogP contribution in [0.1, 0.15) is 29.7 Å². The molecule has 1 amide bonds. The maximum absolute atomic E-state index is 13.0. The van der Waals surface area contributed by atoms with Gasteiger partial charge in [0.25, 0.3) is 0 Å². The summed E-state index contributed by atoms with van der Waals surface area (Å²) in [6.45, 7) is 5.17. The molecule has 2 aromatic carbocycles. The molecule has 0 aliphatic carbocycles. The van der Waals surface area contributed by atoms with Gasteiger partial charge in [0.15, 0.2) is 11.5 Å². The van der Waals surface area contributed by atoms with Crippen LogP contribution in [-0.2, 0) is 15.0 Å². The van der Waals surface area contributed by atoms with Crippen LogP contribution in [0.25, 0.3) is 0 Å². The summed E-state index contributed by atoms with van der Waals surface area (Å²) in [7, 11) is 2.10. The summed E-state index contributed by atoms with van der Waals surface area (Å²) in [5.41, 5.74) is 2.94. The van der Waals surface area contributed by atoms with Crippen molar-refractivity contribution in [3.8, 4) is 11.5 Å². The van der Waals surface area contributed by atoms with Crippen LogP contribution in [0.4, 0.5) is 5.69 Å². The van der Waals surface area contributed by atoms with E-state index in [1.165, 1.54) is 14.1 Å². The number of carbonyl (C=O) groups is 1. The van der Waals surface area contributed by atoms with Gasteiger partial charge in [-0.3, -0.25) is 4.79 Å². The van der Waals surface area contributed by atoms with Gasteiger partial charge in [-0.05, 0) is 55.7 Å². The third-order valence-corrected chi connectivity index (χ3v) is 6.75. The Morgan fingerprint density at radius 2 is 1.68 bits per heavy atom. The summed E-state index contributed by atoms with van der Waals surface area (Å²) in [5, 5.41) is 2.87. The predicted octanol–water partition coefficient (Wildman–Crippen LogP) is 2.81. The number of hydrogen-bond acceptors (Lipinski definition) is 5. The van der Waals surface area contributed by atoms with Gasteiger partial charge < -0.3 is 14.8 Å². The van der Waals surface area contributed by atoms with Gasteiger partial charge in [-0.1, -0.05) is 18.2 Å². The maximum atomic E-state index is 13.0. The van der Waals surface area contributed by atoms with Gasteiger partial charge in [0.2, 0.25) is 5.91 Å². The van der Waals surface area contributed by atoms with Crippen molar-refractivity contribution in [3.05, 3.63) is 53.1 Å². The Kier molecular flexibility index (Phi) is 7.91. The molecule has 0 fully saturated rings. The molecule has 2 aromatic rings. The lowest BCUT2D eigenvalue weighted by atomic mass is 10.1. The van der Waals surface area contributed by atoms with Crippen molar-refractivity contribution in [1.82, 2.24) is 9.62 Å². The van der Waals surface area contributed by atoms with Crippen LogP contribution in [-0.4, -0.2) is 53.5 Å². The summed E-state index contributed by atoms with van der Waals surface area (Å²) >= 11 is 0. The van der Waals surface area contributed by atoms with Gasteiger partial charge in [-0.15, -0.1) is 0 Å². The highest BCUT2D eigenvalue weighted by molar-refractivity contribution is 7.90. The standard InChI is InChI=1S/C22H31N3O5S/c1-15-8-9-16(2)19(12-15)25(31(27,28)24(4)5)14-22(26)23-17(3)18-10-11-20(29-6)21(13-18)30-7/h8-13,17H,14H2,1-7H3,(H,23,26). The van der Waals surface area contributed by atoms with E-state index in [9.17, 15) is 13.2 Å². The number of anilines is 1. The number of hydrogen-bond donors (Lipinski definition) is 1. The van der Waals surface area contributed by atoms with E-state index >= 15 is 0 Å². The minimum absolute atomic E-state index is 0.345. The smallest absolute Gasteiger partial charge is 0.304 e. The quantitative estimate of drug-likeness (QED) is 0.636. The zero-order valence-electron chi connectivity index (χ0n) is 19.1. The topological polar surface area (TPSA) is 88.2 Å². The number of aryl methyl sites for hydroxylation is 2. The van der Waals surface area contributed by atoms with Gasteiger partial charge in [0, 0.05) is 14.1 Å². The van der Waals surface area contributed by atoms with Crippen LogP contribution in [0.3, 0.4) is 0 Å². The fraction of sp³-hybridized carbons (Fsp3) is 0.409. The number of rotatable bonds is 9. The third kappa shape index (κ3) is 5.68. The molecular formula is C22H31N3O5S. The summed E-state index contributed by atoms with van der Waals surface area (Å²) < 4.78 is 38.8. The Morgan fingerprint density at radius 1 is 1.03 bits per heavy atom. The molecule has 2 rings (SSSR count). The first-order valence-corrected chi connectivity index (χ1v) is 11.2. The number of carbonyl (C=O) groups excluding carboxylic acids is 1. The van der Waals surface area contributed by atoms with Crippen molar-refractivity contribution >= 4 is 21.8 Å². The van der Waals surface area contributed by atoms with E-state index < -0.39 is 16.1 Å². The van der Waals surface area contributed by atoms with Crippen molar-refractivity contribution < 1.29 is 22.7 Å². The highest BCUT2D eigenvalue weighted by Crippen LogP contribution is 2.30. The van der Waals surface area contributed by atoms with Crippen molar-refractivity contribution in [2.24, 2.45) is 0 Å². The summed E-state index contributed by atoms with van der Waals surface area (Å²) in [6, 6.07) is 10.5. The van der Waals surface area contributed by atoms with Crippen LogP contribution in [0.5, 0.6) is 11.5 Å². The molecule has 1 atom stereocenters. The molecule has 1 unspecified atom stereocenters. The molecule has 170 valence electrons. The highest BCUT2D eigenvalue weighted by atomic mass is 32.2. The van der Waals surface area contributed by atoms with Crippen LogP contribution < -0.4 is 19.1 Å². The Labute approximate surface area is 184 Å². The van der Waals surface area contributed by atoms with E-state index in [0.29, 0.717) is 17.2 Å². The lowest BCUT2D eigenvalue weighted by molar-refractivity contribution is -0.120. The van der Waals surface area contributed by atoms with Crippen molar-refractivity contribution in [3.63, 3.8) is 0 Å². The van der Waals surface area contributed by atoms with Crippen LogP contribution in [0.2, 0.25) is 0 Å². The lowest BCUT2D eigenvalue weighted by Gasteiger charge is -2.29. The van der Waals surface area contributed by atoms with Gasteiger partial charge in [0.1, 0.15) is 6.54 Å². The van der Waals surface area contributed by atoms with E-state index in [0.717, 1.165) is 25.3 Å². The average Bonchev–Trinajstić information content (AvgIpc) is 2.72. The first kappa shape index (κ1) is 24.5. The Morgan fingerprint density at radius 3 is 2.26 bits per heavy atom. The Bertz CT molecular complexity index is 1040. The maximum Gasteiger partial charge on any atom is 0.304 e. The monoisotopic (exact) mass is 449 g/mol. The van der Waals surface area contributed by atoms with E-state index in [-0.39, 0.29) is 12.6 Å². The zero-order chi connectivity index (χ0) is 23.3. The molecule has 0 spiro atoms. The summed E-state index contributed by atoms with van der Waals surface area (Å²) in [6.07, 6.45) is 0. The fourth-order valence-corrected chi connectivity index (χ4v) is 4.22. The molecule has 31 heavy (non-hydrogen) atoms. The molecule has 0 heterocycles. The van der Waals surface area contributed by atoms with Gasteiger partial charge in [-0.2, -0.15) is 12.7 Å². The highest BCUT2D eigenvalue weighted by Gasteiger charge is 2.29. The molecule has 8 nitrogen and oxygen atoms in total. The predicted molar refractivity (Wildman–Crippen MR) is 122 cm³/mol.